The van der Waals surface area contributed by atoms with Crippen molar-refractivity contribution >= 4 is 0 Å². The fraction of sp³-hybridized carbons (Fsp3) is 0.667. The number of aromatic nitrogens is 1. The van der Waals surface area contributed by atoms with E-state index in [1.54, 1.807) is 6.20 Å². The third kappa shape index (κ3) is 6.14. The first-order chi connectivity index (χ1) is 9.31. The lowest BCUT2D eigenvalue weighted by Gasteiger charge is -2.27. The predicted molar refractivity (Wildman–Crippen MR) is 77.1 cm³/mol. The summed E-state index contributed by atoms with van der Waals surface area (Å²) in [6, 6.07) is 4.20. The van der Waals surface area contributed by atoms with Gasteiger partial charge in [0.15, 0.2) is 6.29 Å². The van der Waals surface area contributed by atoms with Gasteiger partial charge in [0.05, 0.1) is 6.04 Å². The number of rotatable bonds is 10. The highest BCUT2D eigenvalue weighted by Crippen LogP contribution is 2.09. The summed E-state index contributed by atoms with van der Waals surface area (Å²) in [7, 11) is 0. The van der Waals surface area contributed by atoms with Crippen molar-refractivity contribution in [2.24, 2.45) is 0 Å². The molecule has 1 aromatic rings. The molecule has 1 atom stereocenters. The second-order valence-electron chi connectivity index (χ2n) is 4.41. The highest BCUT2D eigenvalue weighted by Gasteiger charge is 2.22. The van der Waals surface area contributed by atoms with Gasteiger partial charge in [-0.2, -0.15) is 0 Å². The molecule has 0 fully saturated rings. The Balaban J connectivity index is 2.67. The number of hydrogen-bond acceptors (Lipinski definition) is 4. The summed E-state index contributed by atoms with van der Waals surface area (Å²) in [4.78, 5) is 4.16. The smallest absolute Gasteiger partial charge is 0.172 e. The van der Waals surface area contributed by atoms with Crippen LogP contribution in [0.4, 0.5) is 0 Å². The quantitative estimate of drug-likeness (QED) is 0.660. The van der Waals surface area contributed by atoms with Gasteiger partial charge in [-0.15, -0.1) is 0 Å². The maximum absolute atomic E-state index is 5.71. The molecule has 0 amide bonds. The molecule has 0 spiro atoms. The lowest BCUT2D eigenvalue weighted by molar-refractivity contribution is -0.153. The summed E-state index contributed by atoms with van der Waals surface area (Å²) in [6.45, 7) is 8.41. The molecule has 0 aliphatic rings. The first-order valence-electron chi connectivity index (χ1n) is 7.17. The van der Waals surface area contributed by atoms with Crippen LogP contribution in [-0.2, 0) is 15.9 Å². The number of ether oxygens (including phenoxy) is 2. The zero-order valence-corrected chi connectivity index (χ0v) is 12.3. The summed E-state index contributed by atoms with van der Waals surface area (Å²) >= 11 is 0. The number of nitrogens with zero attached hydrogens (tertiary/aromatic N) is 1. The van der Waals surface area contributed by atoms with E-state index in [0.29, 0.717) is 13.2 Å². The minimum Gasteiger partial charge on any atom is -0.351 e. The second-order valence-corrected chi connectivity index (χ2v) is 4.41. The van der Waals surface area contributed by atoms with E-state index >= 15 is 0 Å². The first-order valence-corrected chi connectivity index (χ1v) is 7.17. The molecule has 1 heterocycles. The highest BCUT2D eigenvalue weighted by molar-refractivity contribution is 5.10. The molecule has 108 valence electrons. The van der Waals surface area contributed by atoms with E-state index < -0.39 is 0 Å². The second kappa shape index (κ2) is 9.89. The summed E-state index contributed by atoms with van der Waals surface area (Å²) in [6.07, 6.45) is 5.44. The van der Waals surface area contributed by atoms with Crippen LogP contribution >= 0.6 is 0 Å². The Bertz CT molecular complexity index is 313. The average Bonchev–Trinajstić information content (AvgIpc) is 2.44. The van der Waals surface area contributed by atoms with Gasteiger partial charge in [-0.25, -0.2) is 0 Å². The van der Waals surface area contributed by atoms with Crippen molar-refractivity contribution in [3.8, 4) is 0 Å². The normalized spacial score (nSPS) is 12.8. The summed E-state index contributed by atoms with van der Waals surface area (Å²) in [5.74, 6) is 0. The Hall–Kier alpha value is -0.970. The van der Waals surface area contributed by atoms with Crippen LogP contribution in [0.5, 0.6) is 0 Å². The molecule has 0 aliphatic carbocycles. The molecule has 19 heavy (non-hydrogen) atoms. The lowest BCUT2D eigenvalue weighted by atomic mass is 10.1. The van der Waals surface area contributed by atoms with Crippen molar-refractivity contribution in [2.75, 3.05) is 19.8 Å². The Morgan fingerprint density at radius 2 is 1.95 bits per heavy atom. The van der Waals surface area contributed by atoms with Crippen molar-refractivity contribution in [3.63, 3.8) is 0 Å². The number of hydrogen-bond donors (Lipinski definition) is 1. The van der Waals surface area contributed by atoms with Crippen LogP contribution in [0, 0.1) is 0 Å². The minimum atomic E-state index is -0.207. The van der Waals surface area contributed by atoms with Crippen LogP contribution in [0.2, 0.25) is 0 Å². The number of pyridine rings is 1. The molecule has 0 aliphatic heterocycles. The van der Waals surface area contributed by atoms with E-state index in [2.05, 4.69) is 23.3 Å². The summed E-state index contributed by atoms with van der Waals surface area (Å²) in [5, 5.41) is 3.51. The lowest BCUT2D eigenvalue weighted by Crippen LogP contribution is -2.45. The van der Waals surface area contributed by atoms with Gasteiger partial charge in [0.2, 0.25) is 0 Å². The van der Waals surface area contributed by atoms with Crippen molar-refractivity contribution in [1.82, 2.24) is 10.3 Å². The van der Waals surface area contributed by atoms with E-state index in [4.69, 9.17) is 9.47 Å². The van der Waals surface area contributed by atoms with Gasteiger partial charge < -0.3 is 14.8 Å². The molecular formula is C15H26N2O2. The molecule has 1 unspecified atom stereocenters. The molecule has 0 saturated heterocycles. The van der Waals surface area contributed by atoms with Gasteiger partial charge in [0.25, 0.3) is 0 Å². The van der Waals surface area contributed by atoms with Gasteiger partial charge in [0, 0.05) is 25.6 Å². The van der Waals surface area contributed by atoms with Crippen molar-refractivity contribution < 1.29 is 9.47 Å². The van der Waals surface area contributed by atoms with E-state index in [0.717, 1.165) is 19.4 Å². The van der Waals surface area contributed by atoms with E-state index in [-0.39, 0.29) is 12.3 Å². The van der Waals surface area contributed by atoms with E-state index in [1.807, 2.05) is 26.1 Å². The standard InChI is InChI=1S/C15H26N2O2/c1-4-9-17-14(15(18-5-2)19-6-3)11-13-8-7-10-16-12-13/h7-8,10,12,14-15,17H,4-6,9,11H2,1-3H3. The highest BCUT2D eigenvalue weighted by atomic mass is 16.7. The minimum absolute atomic E-state index is 0.157. The number of nitrogens with one attached hydrogen (secondary N) is 1. The first kappa shape index (κ1) is 16.1. The Labute approximate surface area is 116 Å². The van der Waals surface area contributed by atoms with Crippen molar-refractivity contribution in [1.29, 1.82) is 0 Å². The fourth-order valence-corrected chi connectivity index (χ4v) is 1.98. The van der Waals surface area contributed by atoms with Crippen LogP contribution in [-0.4, -0.2) is 37.1 Å². The van der Waals surface area contributed by atoms with Crippen LogP contribution in [0.25, 0.3) is 0 Å². The SMILES string of the molecule is CCCNC(Cc1cccnc1)C(OCC)OCC. The predicted octanol–water partition coefficient (Wildman–Crippen LogP) is 2.39. The van der Waals surface area contributed by atoms with Gasteiger partial charge in [-0.1, -0.05) is 13.0 Å². The molecular weight excluding hydrogens is 240 g/mol. The Morgan fingerprint density at radius 3 is 2.47 bits per heavy atom. The van der Waals surface area contributed by atoms with E-state index in [1.165, 1.54) is 5.56 Å². The molecule has 4 heteroatoms. The van der Waals surface area contributed by atoms with Crippen LogP contribution in [0.1, 0.15) is 32.8 Å². The van der Waals surface area contributed by atoms with Crippen LogP contribution in [0.15, 0.2) is 24.5 Å². The third-order valence-electron chi connectivity index (χ3n) is 2.83. The molecule has 0 bridgehead atoms. The van der Waals surface area contributed by atoms with Crippen LogP contribution in [0.3, 0.4) is 0 Å². The van der Waals surface area contributed by atoms with Gasteiger partial charge in [-0.05, 0) is 44.9 Å². The Morgan fingerprint density at radius 1 is 1.21 bits per heavy atom. The molecule has 0 saturated carbocycles. The largest absolute Gasteiger partial charge is 0.351 e. The molecule has 0 aromatic carbocycles. The average molecular weight is 266 g/mol. The van der Waals surface area contributed by atoms with Gasteiger partial charge in [0.1, 0.15) is 0 Å². The monoisotopic (exact) mass is 266 g/mol. The van der Waals surface area contributed by atoms with Gasteiger partial charge >= 0.3 is 0 Å². The third-order valence-corrected chi connectivity index (χ3v) is 2.83. The molecule has 1 N–H and O–H groups in total. The van der Waals surface area contributed by atoms with Crippen LogP contribution < -0.4 is 5.32 Å². The van der Waals surface area contributed by atoms with E-state index in [9.17, 15) is 0 Å². The maximum Gasteiger partial charge on any atom is 0.172 e. The van der Waals surface area contributed by atoms with Crippen molar-refractivity contribution in [3.05, 3.63) is 30.1 Å². The van der Waals surface area contributed by atoms with Gasteiger partial charge in [-0.3, -0.25) is 4.98 Å². The maximum atomic E-state index is 5.71. The molecule has 1 rings (SSSR count). The summed E-state index contributed by atoms with van der Waals surface area (Å²) < 4.78 is 11.4. The molecule has 1 aromatic heterocycles. The topological polar surface area (TPSA) is 43.4 Å². The Kier molecular flexibility index (Phi) is 8.38. The zero-order valence-electron chi connectivity index (χ0n) is 12.3. The summed E-state index contributed by atoms with van der Waals surface area (Å²) in [5.41, 5.74) is 1.19. The fourth-order valence-electron chi connectivity index (χ4n) is 1.98. The molecule has 0 radical (unpaired) electrons. The molecule has 4 nitrogen and oxygen atoms in total. The van der Waals surface area contributed by atoms with Crippen molar-refractivity contribution in [2.45, 2.75) is 45.9 Å². The zero-order chi connectivity index (χ0) is 13.9.